The van der Waals surface area contributed by atoms with Gasteiger partial charge in [-0.3, -0.25) is 9.69 Å². The first-order chi connectivity index (χ1) is 8.02. The van der Waals surface area contributed by atoms with Gasteiger partial charge >= 0.3 is 0 Å². The van der Waals surface area contributed by atoms with E-state index in [1.54, 1.807) is 0 Å². The molecule has 0 radical (unpaired) electrons. The van der Waals surface area contributed by atoms with Crippen molar-refractivity contribution in [2.75, 3.05) is 40.3 Å². The lowest BCUT2D eigenvalue weighted by Gasteiger charge is -2.37. The van der Waals surface area contributed by atoms with Crippen molar-refractivity contribution in [2.24, 2.45) is 17.4 Å². The zero-order valence-electron chi connectivity index (χ0n) is 11.1. The predicted molar refractivity (Wildman–Crippen MR) is 69.5 cm³/mol. The molecule has 1 unspecified atom stereocenters. The molecule has 5 nitrogen and oxygen atoms in total. The monoisotopic (exact) mass is 242 g/mol. The van der Waals surface area contributed by atoms with Crippen LogP contribution < -0.4 is 11.5 Å². The molecule has 0 spiro atoms. The Labute approximate surface area is 104 Å². The maximum atomic E-state index is 11.0. The average molecular weight is 242 g/mol. The third kappa shape index (κ3) is 5.02. The standard InChI is InChI=1S/C12H26N4O/c1-15(2)9-10-3-5-16(6-4-10)11(8-13)7-12(14)17/h10-11H,3-9,13H2,1-2H3,(H2,14,17). The topological polar surface area (TPSA) is 75.6 Å². The third-order valence-electron chi connectivity index (χ3n) is 3.50. The lowest BCUT2D eigenvalue weighted by molar-refractivity contribution is -0.119. The van der Waals surface area contributed by atoms with Crippen LogP contribution in [0.1, 0.15) is 19.3 Å². The van der Waals surface area contributed by atoms with Gasteiger partial charge in [-0.1, -0.05) is 0 Å². The maximum absolute atomic E-state index is 11.0. The quantitative estimate of drug-likeness (QED) is 0.656. The Morgan fingerprint density at radius 1 is 1.41 bits per heavy atom. The summed E-state index contributed by atoms with van der Waals surface area (Å²) in [5.74, 6) is 0.518. The molecule has 1 atom stereocenters. The molecule has 1 aliphatic heterocycles. The van der Waals surface area contributed by atoms with Gasteiger partial charge in [0.2, 0.25) is 5.91 Å². The van der Waals surface area contributed by atoms with Crippen molar-refractivity contribution in [1.29, 1.82) is 0 Å². The Bertz CT molecular complexity index is 237. The predicted octanol–water partition coefficient (Wildman–Crippen LogP) is -0.537. The molecule has 0 aromatic heterocycles. The number of hydrogen-bond donors (Lipinski definition) is 2. The number of rotatable bonds is 6. The molecule has 5 heteroatoms. The zero-order chi connectivity index (χ0) is 12.8. The summed E-state index contributed by atoms with van der Waals surface area (Å²) >= 11 is 0. The molecule has 0 aromatic carbocycles. The van der Waals surface area contributed by atoms with Crippen LogP contribution in [0.4, 0.5) is 0 Å². The van der Waals surface area contributed by atoms with E-state index in [4.69, 9.17) is 11.5 Å². The normalized spacial score (nSPS) is 20.7. The third-order valence-corrected chi connectivity index (χ3v) is 3.50. The molecular weight excluding hydrogens is 216 g/mol. The first-order valence-corrected chi connectivity index (χ1v) is 6.40. The summed E-state index contributed by atoms with van der Waals surface area (Å²) in [6.45, 7) is 3.74. The number of primary amides is 1. The largest absolute Gasteiger partial charge is 0.370 e. The van der Waals surface area contributed by atoms with Crippen molar-refractivity contribution in [1.82, 2.24) is 9.80 Å². The summed E-state index contributed by atoms with van der Waals surface area (Å²) in [5, 5.41) is 0. The van der Waals surface area contributed by atoms with E-state index in [9.17, 15) is 4.79 Å². The van der Waals surface area contributed by atoms with Crippen LogP contribution in [0.3, 0.4) is 0 Å². The summed E-state index contributed by atoms with van der Waals surface area (Å²) < 4.78 is 0. The number of nitrogens with two attached hydrogens (primary N) is 2. The second kappa shape index (κ2) is 6.93. The number of piperidine rings is 1. The number of nitrogens with zero attached hydrogens (tertiary/aromatic N) is 2. The summed E-state index contributed by atoms with van der Waals surface area (Å²) in [6.07, 6.45) is 2.76. The van der Waals surface area contributed by atoms with Gasteiger partial charge in [-0.05, 0) is 45.9 Å². The van der Waals surface area contributed by atoms with Crippen molar-refractivity contribution >= 4 is 5.91 Å². The number of hydrogen-bond acceptors (Lipinski definition) is 4. The Hall–Kier alpha value is -0.650. The lowest BCUT2D eigenvalue weighted by atomic mass is 9.95. The molecule has 1 rings (SSSR count). The molecule has 1 heterocycles. The van der Waals surface area contributed by atoms with Crippen molar-refractivity contribution in [3.8, 4) is 0 Å². The second-order valence-electron chi connectivity index (χ2n) is 5.30. The van der Waals surface area contributed by atoms with Crippen molar-refractivity contribution in [3.63, 3.8) is 0 Å². The Morgan fingerprint density at radius 3 is 2.41 bits per heavy atom. The van der Waals surface area contributed by atoms with Crippen LogP contribution in [-0.2, 0) is 4.79 Å². The van der Waals surface area contributed by atoms with Crippen LogP contribution in [0.2, 0.25) is 0 Å². The maximum Gasteiger partial charge on any atom is 0.219 e. The van der Waals surface area contributed by atoms with Gasteiger partial charge in [0.1, 0.15) is 0 Å². The molecule has 1 aliphatic rings. The van der Waals surface area contributed by atoms with E-state index >= 15 is 0 Å². The minimum absolute atomic E-state index is 0.132. The van der Waals surface area contributed by atoms with E-state index < -0.39 is 0 Å². The highest BCUT2D eigenvalue weighted by atomic mass is 16.1. The molecule has 0 bridgehead atoms. The lowest BCUT2D eigenvalue weighted by Crippen LogP contribution is -2.47. The minimum Gasteiger partial charge on any atom is -0.370 e. The first kappa shape index (κ1) is 14.4. The summed E-state index contributed by atoms with van der Waals surface area (Å²) in [7, 11) is 4.23. The van der Waals surface area contributed by atoms with Crippen LogP contribution in [0.25, 0.3) is 0 Å². The molecule has 1 amide bonds. The van der Waals surface area contributed by atoms with Gasteiger partial charge in [0, 0.05) is 25.6 Å². The zero-order valence-corrected chi connectivity index (χ0v) is 11.1. The van der Waals surface area contributed by atoms with Gasteiger partial charge in [-0.2, -0.15) is 0 Å². The van der Waals surface area contributed by atoms with E-state index in [1.807, 2.05) is 0 Å². The Morgan fingerprint density at radius 2 is 2.00 bits per heavy atom. The van der Waals surface area contributed by atoms with Gasteiger partial charge in [0.25, 0.3) is 0 Å². The number of amides is 1. The summed E-state index contributed by atoms with van der Waals surface area (Å²) in [5.41, 5.74) is 11.0. The smallest absolute Gasteiger partial charge is 0.219 e. The fraction of sp³-hybridized carbons (Fsp3) is 0.917. The molecule has 1 fully saturated rings. The molecule has 0 saturated carbocycles. The van der Waals surface area contributed by atoms with Crippen LogP contribution in [-0.4, -0.2) is 62.0 Å². The van der Waals surface area contributed by atoms with Gasteiger partial charge in [0.15, 0.2) is 0 Å². The molecule has 0 aromatic rings. The average Bonchev–Trinajstić information content (AvgIpc) is 2.26. The fourth-order valence-corrected chi connectivity index (χ4v) is 2.61. The van der Waals surface area contributed by atoms with E-state index in [0.29, 0.717) is 13.0 Å². The van der Waals surface area contributed by atoms with E-state index in [2.05, 4.69) is 23.9 Å². The van der Waals surface area contributed by atoms with Crippen molar-refractivity contribution in [3.05, 3.63) is 0 Å². The van der Waals surface area contributed by atoms with Crippen LogP contribution in [0.5, 0.6) is 0 Å². The highest BCUT2D eigenvalue weighted by Crippen LogP contribution is 2.20. The summed E-state index contributed by atoms with van der Waals surface area (Å²) in [4.78, 5) is 15.5. The summed E-state index contributed by atoms with van der Waals surface area (Å²) in [6, 6.07) is 0.132. The van der Waals surface area contributed by atoms with E-state index in [-0.39, 0.29) is 11.9 Å². The Balaban J connectivity index is 2.36. The molecular formula is C12H26N4O. The van der Waals surface area contributed by atoms with Gasteiger partial charge in [-0.15, -0.1) is 0 Å². The molecule has 0 aliphatic carbocycles. The minimum atomic E-state index is -0.254. The fourth-order valence-electron chi connectivity index (χ4n) is 2.61. The molecule has 4 N–H and O–H groups in total. The molecule has 100 valence electrons. The highest BCUT2D eigenvalue weighted by Gasteiger charge is 2.25. The van der Waals surface area contributed by atoms with E-state index in [1.165, 1.54) is 12.8 Å². The van der Waals surface area contributed by atoms with Crippen LogP contribution in [0.15, 0.2) is 0 Å². The highest BCUT2D eigenvalue weighted by molar-refractivity contribution is 5.74. The van der Waals surface area contributed by atoms with Crippen molar-refractivity contribution in [2.45, 2.75) is 25.3 Å². The Kier molecular flexibility index (Phi) is 5.88. The van der Waals surface area contributed by atoms with Gasteiger partial charge in [0.05, 0.1) is 0 Å². The first-order valence-electron chi connectivity index (χ1n) is 6.40. The second-order valence-corrected chi connectivity index (χ2v) is 5.30. The van der Waals surface area contributed by atoms with Crippen LogP contribution >= 0.6 is 0 Å². The van der Waals surface area contributed by atoms with Crippen molar-refractivity contribution < 1.29 is 4.79 Å². The number of carbonyl (C=O) groups is 1. The number of carbonyl (C=O) groups excluding carboxylic acids is 1. The van der Waals surface area contributed by atoms with Gasteiger partial charge in [-0.25, -0.2) is 0 Å². The van der Waals surface area contributed by atoms with E-state index in [0.717, 1.165) is 25.6 Å². The molecule has 17 heavy (non-hydrogen) atoms. The number of likely N-dealkylation sites (tertiary alicyclic amines) is 1. The van der Waals surface area contributed by atoms with Crippen LogP contribution in [0, 0.1) is 5.92 Å². The molecule has 1 saturated heterocycles. The van der Waals surface area contributed by atoms with Gasteiger partial charge < -0.3 is 16.4 Å². The SMILES string of the molecule is CN(C)CC1CCN(C(CN)CC(N)=O)CC1.